The lowest BCUT2D eigenvalue weighted by Gasteiger charge is -2.18. The van der Waals surface area contributed by atoms with Gasteiger partial charge < -0.3 is 14.2 Å². The maximum absolute atomic E-state index is 12.9. The van der Waals surface area contributed by atoms with Crippen LogP contribution < -0.4 is 0 Å². The largest absolute Gasteiger partial charge is 0.462 e. The van der Waals surface area contributed by atoms with Crippen LogP contribution in [0.15, 0.2) is 72.9 Å². The first kappa shape index (κ1) is 74.8. The average molecular weight is 1090 g/mol. The first-order valence-electron chi connectivity index (χ1n) is 33.9. The summed E-state index contributed by atoms with van der Waals surface area (Å²) >= 11 is 0. The van der Waals surface area contributed by atoms with Gasteiger partial charge in [0.25, 0.3) is 0 Å². The number of allylic oxidation sites excluding steroid dienone is 12. The molecule has 0 aliphatic heterocycles. The van der Waals surface area contributed by atoms with Crippen molar-refractivity contribution in [3.8, 4) is 0 Å². The second-order valence-electron chi connectivity index (χ2n) is 22.7. The van der Waals surface area contributed by atoms with E-state index in [1.807, 2.05) is 0 Å². The van der Waals surface area contributed by atoms with Crippen LogP contribution in [0.4, 0.5) is 0 Å². The van der Waals surface area contributed by atoms with Crippen LogP contribution in [0, 0.1) is 0 Å². The third kappa shape index (κ3) is 63.7. The van der Waals surface area contributed by atoms with E-state index < -0.39 is 6.10 Å². The van der Waals surface area contributed by atoms with E-state index in [1.54, 1.807) is 0 Å². The molecule has 6 nitrogen and oxygen atoms in total. The smallest absolute Gasteiger partial charge is 0.306 e. The molecular formula is C72H128O6. The fourth-order valence-electron chi connectivity index (χ4n) is 9.92. The summed E-state index contributed by atoms with van der Waals surface area (Å²) in [5.41, 5.74) is 0. The minimum absolute atomic E-state index is 0.0752. The zero-order valence-corrected chi connectivity index (χ0v) is 51.9. The quantitative estimate of drug-likeness (QED) is 0.0261. The van der Waals surface area contributed by atoms with E-state index in [1.165, 1.54) is 205 Å². The molecule has 6 heteroatoms. The van der Waals surface area contributed by atoms with E-state index in [9.17, 15) is 14.4 Å². The predicted molar refractivity (Wildman–Crippen MR) is 339 cm³/mol. The van der Waals surface area contributed by atoms with Crippen molar-refractivity contribution in [2.45, 2.75) is 354 Å². The Morgan fingerprint density at radius 1 is 0.269 bits per heavy atom. The van der Waals surface area contributed by atoms with Crippen LogP contribution in [0.5, 0.6) is 0 Å². The molecule has 452 valence electrons. The number of hydrogen-bond acceptors (Lipinski definition) is 6. The Kier molecular flexibility index (Phi) is 63.7. The number of rotatable bonds is 62. The summed E-state index contributed by atoms with van der Waals surface area (Å²) in [5.74, 6) is -0.869. The third-order valence-corrected chi connectivity index (χ3v) is 15.0. The van der Waals surface area contributed by atoms with Crippen LogP contribution in [-0.2, 0) is 28.6 Å². The molecule has 0 aromatic rings. The SMILES string of the molecule is CC/C=C\C/C=C\C/C=C\C/C=C\C/C=C\C/C=C\CCCCCCCCC(=O)OCC(COC(=O)CCCCCCCCCCCCCCC)OC(=O)CCCCCCCCCCCCCCCCCCCCCCCC. The molecule has 0 spiro atoms. The summed E-state index contributed by atoms with van der Waals surface area (Å²) in [6.07, 6.45) is 86.3. The van der Waals surface area contributed by atoms with Crippen molar-refractivity contribution in [2.24, 2.45) is 0 Å². The van der Waals surface area contributed by atoms with Gasteiger partial charge in [0.05, 0.1) is 0 Å². The molecule has 0 heterocycles. The number of carbonyl (C=O) groups excluding carboxylic acids is 3. The van der Waals surface area contributed by atoms with Crippen LogP contribution >= 0.6 is 0 Å². The van der Waals surface area contributed by atoms with E-state index in [-0.39, 0.29) is 31.1 Å². The second kappa shape index (κ2) is 66.4. The van der Waals surface area contributed by atoms with E-state index in [4.69, 9.17) is 14.2 Å². The van der Waals surface area contributed by atoms with Gasteiger partial charge in [-0.15, -0.1) is 0 Å². The van der Waals surface area contributed by atoms with E-state index in [0.717, 1.165) is 103 Å². The first-order valence-corrected chi connectivity index (χ1v) is 33.9. The summed E-state index contributed by atoms with van der Waals surface area (Å²) in [6, 6.07) is 0. The van der Waals surface area contributed by atoms with Crippen LogP contribution in [0.2, 0.25) is 0 Å². The van der Waals surface area contributed by atoms with E-state index in [0.29, 0.717) is 19.3 Å². The highest BCUT2D eigenvalue weighted by Gasteiger charge is 2.19. The highest BCUT2D eigenvalue weighted by atomic mass is 16.6. The van der Waals surface area contributed by atoms with Gasteiger partial charge in [0, 0.05) is 19.3 Å². The van der Waals surface area contributed by atoms with Crippen molar-refractivity contribution in [1.82, 2.24) is 0 Å². The number of unbranched alkanes of at least 4 members (excludes halogenated alkanes) is 39. The lowest BCUT2D eigenvalue weighted by Crippen LogP contribution is -2.30. The van der Waals surface area contributed by atoms with Gasteiger partial charge >= 0.3 is 17.9 Å². The molecule has 0 aromatic heterocycles. The number of esters is 3. The molecular weight excluding hydrogens is 961 g/mol. The number of ether oxygens (including phenoxy) is 3. The molecule has 0 aromatic carbocycles. The van der Waals surface area contributed by atoms with Crippen molar-refractivity contribution >= 4 is 17.9 Å². The normalized spacial score (nSPS) is 12.5. The molecule has 1 atom stereocenters. The highest BCUT2D eigenvalue weighted by Crippen LogP contribution is 2.18. The van der Waals surface area contributed by atoms with Crippen molar-refractivity contribution in [3.63, 3.8) is 0 Å². The molecule has 0 saturated carbocycles. The fourth-order valence-corrected chi connectivity index (χ4v) is 9.92. The van der Waals surface area contributed by atoms with Crippen molar-refractivity contribution in [1.29, 1.82) is 0 Å². The van der Waals surface area contributed by atoms with Crippen molar-refractivity contribution in [2.75, 3.05) is 13.2 Å². The standard InChI is InChI=1S/C72H128O6/c1-4-7-10-13-16-19-22-25-27-29-31-33-35-36-37-39-40-42-44-47-50-53-56-59-62-65-71(74)77-68-69(67-76-70(73)64-61-58-55-52-49-46-24-21-18-15-12-9-6-3)78-72(75)66-63-60-57-54-51-48-45-43-41-38-34-32-30-28-26-23-20-17-14-11-8-5-2/h7,10,16,19,25,27,31,33,36-37,40,42,69H,4-6,8-9,11-15,17-18,20-24,26,28-30,32,34-35,38-39,41,43-68H2,1-3H3/b10-7-,19-16-,27-25-,33-31-,37-36-,42-40-. The summed E-state index contributed by atoms with van der Waals surface area (Å²) in [6.45, 7) is 6.57. The topological polar surface area (TPSA) is 78.9 Å². The Labute approximate surface area is 484 Å². The van der Waals surface area contributed by atoms with Crippen LogP contribution in [0.3, 0.4) is 0 Å². The average Bonchev–Trinajstić information content (AvgIpc) is 3.44. The summed E-state index contributed by atoms with van der Waals surface area (Å²) in [4.78, 5) is 38.4. The molecule has 0 bridgehead atoms. The van der Waals surface area contributed by atoms with Gasteiger partial charge in [-0.05, 0) is 70.6 Å². The van der Waals surface area contributed by atoms with Gasteiger partial charge in [-0.25, -0.2) is 0 Å². The third-order valence-electron chi connectivity index (χ3n) is 15.0. The molecule has 78 heavy (non-hydrogen) atoms. The van der Waals surface area contributed by atoms with Gasteiger partial charge in [-0.3, -0.25) is 14.4 Å². The minimum atomic E-state index is -0.780. The number of carbonyl (C=O) groups is 3. The lowest BCUT2D eigenvalue weighted by atomic mass is 10.0. The molecule has 0 fully saturated rings. The molecule has 0 aliphatic rings. The molecule has 0 N–H and O–H groups in total. The Bertz CT molecular complexity index is 1440. The van der Waals surface area contributed by atoms with Gasteiger partial charge in [0.2, 0.25) is 0 Å². The Morgan fingerprint density at radius 3 is 0.782 bits per heavy atom. The van der Waals surface area contributed by atoms with E-state index in [2.05, 4.69) is 93.7 Å². The molecule has 0 radical (unpaired) electrons. The zero-order chi connectivity index (χ0) is 56.4. The van der Waals surface area contributed by atoms with Gasteiger partial charge in [-0.2, -0.15) is 0 Å². The van der Waals surface area contributed by atoms with Gasteiger partial charge in [0.15, 0.2) is 6.10 Å². The molecule has 0 rings (SSSR count). The van der Waals surface area contributed by atoms with Crippen LogP contribution in [0.25, 0.3) is 0 Å². The maximum Gasteiger partial charge on any atom is 0.306 e. The molecule has 0 amide bonds. The molecule has 1 unspecified atom stereocenters. The van der Waals surface area contributed by atoms with Gasteiger partial charge in [-0.1, -0.05) is 331 Å². The minimum Gasteiger partial charge on any atom is -0.462 e. The van der Waals surface area contributed by atoms with Crippen molar-refractivity contribution in [3.05, 3.63) is 72.9 Å². The summed E-state index contributed by atoms with van der Waals surface area (Å²) in [5, 5.41) is 0. The lowest BCUT2D eigenvalue weighted by molar-refractivity contribution is -0.167. The number of hydrogen-bond donors (Lipinski definition) is 0. The predicted octanol–water partition coefficient (Wildman–Crippen LogP) is 23.3. The Morgan fingerprint density at radius 2 is 0.500 bits per heavy atom. The Balaban J connectivity index is 4.32. The van der Waals surface area contributed by atoms with Crippen LogP contribution in [-0.4, -0.2) is 37.2 Å². The van der Waals surface area contributed by atoms with Crippen molar-refractivity contribution < 1.29 is 28.6 Å². The monoisotopic (exact) mass is 1090 g/mol. The molecule has 0 saturated heterocycles. The summed E-state index contributed by atoms with van der Waals surface area (Å²) in [7, 11) is 0. The second-order valence-corrected chi connectivity index (χ2v) is 22.7. The fraction of sp³-hybridized carbons (Fsp3) is 0.792. The van der Waals surface area contributed by atoms with Crippen LogP contribution in [0.1, 0.15) is 348 Å². The molecule has 0 aliphatic carbocycles. The van der Waals surface area contributed by atoms with E-state index >= 15 is 0 Å². The Hall–Kier alpha value is -3.15. The summed E-state index contributed by atoms with van der Waals surface area (Å²) < 4.78 is 17.0. The maximum atomic E-state index is 12.9. The first-order chi connectivity index (χ1) is 38.5. The van der Waals surface area contributed by atoms with Gasteiger partial charge in [0.1, 0.15) is 13.2 Å². The highest BCUT2D eigenvalue weighted by molar-refractivity contribution is 5.71. The zero-order valence-electron chi connectivity index (χ0n) is 51.9.